The predicted octanol–water partition coefficient (Wildman–Crippen LogP) is 2.84. The maximum atomic E-state index is 9.49. The maximum Gasteiger partial charge on any atom is 0.183 e. The minimum absolute atomic E-state index is 0.0818. The second-order valence-electron chi connectivity index (χ2n) is 5.30. The van der Waals surface area contributed by atoms with Gasteiger partial charge in [0.1, 0.15) is 0 Å². The third kappa shape index (κ3) is 2.98. The summed E-state index contributed by atoms with van der Waals surface area (Å²) < 4.78 is 1.13. The van der Waals surface area contributed by atoms with E-state index in [9.17, 15) is 5.11 Å². The number of aliphatic hydroxyl groups excluding tert-OH is 1. The number of rotatable bonds is 3. The van der Waals surface area contributed by atoms with Gasteiger partial charge in [-0.2, -0.15) is 0 Å². The number of thiazole rings is 1. The van der Waals surface area contributed by atoms with Gasteiger partial charge >= 0.3 is 0 Å². The zero-order valence-corrected chi connectivity index (χ0v) is 11.6. The topological polar surface area (TPSA) is 71.2 Å². The van der Waals surface area contributed by atoms with E-state index in [0.717, 1.165) is 53.3 Å². The number of hydrogen-bond acceptors (Lipinski definition) is 5. The number of benzene rings is 1. The van der Waals surface area contributed by atoms with E-state index in [0.29, 0.717) is 5.92 Å². The quantitative estimate of drug-likeness (QED) is 0.754. The molecule has 1 aliphatic rings. The number of fused-ring (bicyclic) bond motifs is 1. The molecule has 1 saturated carbocycles. The van der Waals surface area contributed by atoms with Crippen LogP contribution in [0.2, 0.25) is 0 Å². The molecule has 1 heterocycles. The van der Waals surface area contributed by atoms with E-state index in [4.69, 9.17) is 5.73 Å². The summed E-state index contributed by atoms with van der Waals surface area (Å²) in [5.41, 5.74) is 7.55. The Balaban J connectivity index is 1.62. The van der Waals surface area contributed by atoms with Crippen LogP contribution in [0.4, 0.5) is 10.8 Å². The van der Waals surface area contributed by atoms with Gasteiger partial charge in [-0.25, -0.2) is 4.98 Å². The fourth-order valence-corrected chi connectivity index (χ4v) is 3.52. The van der Waals surface area contributed by atoms with Crippen LogP contribution in [-0.4, -0.2) is 22.7 Å². The second-order valence-corrected chi connectivity index (χ2v) is 6.33. The minimum Gasteiger partial charge on any atom is -0.399 e. The van der Waals surface area contributed by atoms with Crippen LogP contribution in [0.5, 0.6) is 0 Å². The number of nitrogens with zero attached hydrogens (tertiary/aromatic N) is 1. The third-order valence-corrected chi connectivity index (χ3v) is 4.75. The van der Waals surface area contributed by atoms with Gasteiger partial charge in [-0.15, -0.1) is 0 Å². The second kappa shape index (κ2) is 5.35. The molecule has 102 valence electrons. The van der Waals surface area contributed by atoms with Crippen LogP contribution >= 0.6 is 11.3 Å². The standard InChI is InChI=1S/C14H19N3OS/c15-10-3-6-12-13(7-10)19-14(17-12)16-8-9-1-4-11(18)5-2-9/h3,6-7,9,11,18H,1-2,4-5,8,15H2,(H,16,17). The predicted molar refractivity (Wildman–Crippen MR) is 80.5 cm³/mol. The van der Waals surface area contributed by atoms with Crippen molar-refractivity contribution in [3.05, 3.63) is 18.2 Å². The average molecular weight is 277 g/mol. The third-order valence-electron chi connectivity index (χ3n) is 3.77. The first kappa shape index (κ1) is 12.7. The number of aliphatic hydroxyl groups is 1. The van der Waals surface area contributed by atoms with E-state index in [1.165, 1.54) is 0 Å². The van der Waals surface area contributed by atoms with Crippen molar-refractivity contribution in [1.82, 2.24) is 4.98 Å². The first-order valence-corrected chi connectivity index (χ1v) is 7.60. The Bertz CT molecular complexity index is 561. The molecule has 0 spiro atoms. The van der Waals surface area contributed by atoms with Crippen molar-refractivity contribution in [2.45, 2.75) is 31.8 Å². The summed E-state index contributed by atoms with van der Waals surface area (Å²) in [6.07, 6.45) is 3.99. The zero-order chi connectivity index (χ0) is 13.2. The van der Waals surface area contributed by atoms with Crippen molar-refractivity contribution in [3.63, 3.8) is 0 Å². The lowest BCUT2D eigenvalue weighted by Crippen LogP contribution is -2.23. The van der Waals surface area contributed by atoms with Gasteiger partial charge in [0.2, 0.25) is 0 Å². The molecule has 4 nitrogen and oxygen atoms in total. The molecule has 3 rings (SSSR count). The van der Waals surface area contributed by atoms with Crippen molar-refractivity contribution in [2.75, 3.05) is 17.6 Å². The fraction of sp³-hybridized carbons (Fsp3) is 0.500. The highest BCUT2D eigenvalue weighted by atomic mass is 32.1. The molecule has 0 saturated heterocycles. The maximum absolute atomic E-state index is 9.49. The van der Waals surface area contributed by atoms with Crippen LogP contribution in [0, 0.1) is 5.92 Å². The molecule has 1 aromatic carbocycles. The van der Waals surface area contributed by atoms with E-state index >= 15 is 0 Å². The van der Waals surface area contributed by atoms with Gasteiger partial charge < -0.3 is 16.2 Å². The highest BCUT2D eigenvalue weighted by Gasteiger charge is 2.19. The summed E-state index contributed by atoms with van der Waals surface area (Å²) >= 11 is 1.65. The number of hydrogen-bond donors (Lipinski definition) is 3. The van der Waals surface area contributed by atoms with Crippen molar-refractivity contribution in [2.24, 2.45) is 5.92 Å². The summed E-state index contributed by atoms with van der Waals surface area (Å²) in [6.45, 7) is 0.946. The van der Waals surface area contributed by atoms with Gasteiger partial charge in [-0.3, -0.25) is 0 Å². The largest absolute Gasteiger partial charge is 0.399 e. The molecule has 0 amide bonds. The SMILES string of the molecule is Nc1ccc2nc(NCC3CCC(O)CC3)sc2c1. The molecule has 19 heavy (non-hydrogen) atoms. The number of nitrogens with one attached hydrogen (secondary N) is 1. The Kier molecular flexibility index (Phi) is 3.57. The zero-order valence-electron chi connectivity index (χ0n) is 10.8. The number of nitrogens with two attached hydrogens (primary N) is 1. The summed E-state index contributed by atoms with van der Waals surface area (Å²) in [7, 11) is 0. The molecule has 2 aromatic rings. The lowest BCUT2D eigenvalue weighted by molar-refractivity contribution is 0.111. The summed E-state index contributed by atoms with van der Waals surface area (Å²) in [6, 6.07) is 5.81. The first-order valence-electron chi connectivity index (χ1n) is 6.79. The van der Waals surface area contributed by atoms with E-state index in [-0.39, 0.29) is 6.10 Å². The van der Waals surface area contributed by atoms with Crippen LogP contribution in [0.15, 0.2) is 18.2 Å². The Morgan fingerprint density at radius 1 is 1.32 bits per heavy atom. The van der Waals surface area contributed by atoms with Gasteiger partial charge in [0.05, 0.1) is 16.3 Å². The van der Waals surface area contributed by atoms with Gasteiger partial charge in [-0.05, 0) is 49.8 Å². The Hall–Kier alpha value is -1.33. The van der Waals surface area contributed by atoms with Crippen molar-refractivity contribution in [1.29, 1.82) is 0 Å². The molecule has 0 aliphatic heterocycles. The van der Waals surface area contributed by atoms with Gasteiger partial charge in [0.15, 0.2) is 5.13 Å². The fourth-order valence-electron chi connectivity index (χ4n) is 2.60. The number of anilines is 2. The average Bonchev–Trinajstić information content (AvgIpc) is 2.80. The summed E-state index contributed by atoms with van der Waals surface area (Å²) in [5, 5.41) is 13.9. The number of nitrogen functional groups attached to an aromatic ring is 1. The molecule has 0 atom stereocenters. The highest BCUT2D eigenvalue weighted by molar-refractivity contribution is 7.22. The molecule has 0 radical (unpaired) electrons. The summed E-state index contributed by atoms with van der Waals surface area (Å²) in [5.74, 6) is 0.653. The molecule has 4 N–H and O–H groups in total. The van der Waals surface area contributed by atoms with E-state index in [1.807, 2.05) is 18.2 Å². The molecule has 0 unspecified atom stereocenters. The lowest BCUT2D eigenvalue weighted by Gasteiger charge is -2.25. The molecule has 1 fully saturated rings. The minimum atomic E-state index is -0.0818. The molecule has 0 bridgehead atoms. The van der Waals surface area contributed by atoms with Crippen molar-refractivity contribution in [3.8, 4) is 0 Å². The smallest absolute Gasteiger partial charge is 0.183 e. The molecule has 1 aromatic heterocycles. The Morgan fingerprint density at radius 3 is 2.89 bits per heavy atom. The summed E-state index contributed by atoms with van der Waals surface area (Å²) in [4.78, 5) is 4.56. The monoisotopic (exact) mass is 277 g/mol. The van der Waals surface area contributed by atoms with Crippen LogP contribution < -0.4 is 11.1 Å². The van der Waals surface area contributed by atoms with Gasteiger partial charge in [0.25, 0.3) is 0 Å². The molecule has 1 aliphatic carbocycles. The molecule has 5 heteroatoms. The van der Waals surface area contributed by atoms with E-state index in [1.54, 1.807) is 11.3 Å². The van der Waals surface area contributed by atoms with Gasteiger partial charge in [0, 0.05) is 12.2 Å². The van der Waals surface area contributed by atoms with Crippen LogP contribution in [0.25, 0.3) is 10.2 Å². The van der Waals surface area contributed by atoms with Crippen LogP contribution in [-0.2, 0) is 0 Å². The van der Waals surface area contributed by atoms with E-state index in [2.05, 4.69) is 10.3 Å². The molecular formula is C14H19N3OS. The lowest BCUT2D eigenvalue weighted by atomic mass is 9.87. The Morgan fingerprint density at radius 2 is 2.11 bits per heavy atom. The van der Waals surface area contributed by atoms with Gasteiger partial charge in [-0.1, -0.05) is 11.3 Å². The van der Waals surface area contributed by atoms with Crippen LogP contribution in [0.3, 0.4) is 0 Å². The van der Waals surface area contributed by atoms with Crippen molar-refractivity contribution < 1.29 is 5.11 Å². The normalized spacial score (nSPS) is 23.6. The van der Waals surface area contributed by atoms with E-state index < -0.39 is 0 Å². The van der Waals surface area contributed by atoms with Crippen molar-refractivity contribution >= 4 is 32.4 Å². The number of aromatic nitrogens is 1. The molecular weight excluding hydrogens is 258 g/mol. The first-order chi connectivity index (χ1) is 9.20. The highest BCUT2D eigenvalue weighted by Crippen LogP contribution is 2.29. The van der Waals surface area contributed by atoms with Crippen LogP contribution in [0.1, 0.15) is 25.7 Å². The Labute approximate surface area is 116 Å².